The van der Waals surface area contributed by atoms with Crippen LogP contribution in [0.25, 0.3) is 0 Å². The molecule has 7 heteroatoms. The number of sulfone groups is 1. The van der Waals surface area contributed by atoms with Crippen molar-refractivity contribution in [2.75, 3.05) is 37.7 Å². The van der Waals surface area contributed by atoms with Gasteiger partial charge in [-0.25, -0.2) is 12.8 Å². The number of benzene rings is 1. The first kappa shape index (κ1) is 16.4. The second kappa shape index (κ2) is 6.57. The van der Waals surface area contributed by atoms with Crippen molar-refractivity contribution in [1.82, 2.24) is 9.80 Å². The molecule has 1 aromatic rings. The van der Waals surface area contributed by atoms with E-state index in [1.54, 1.807) is 17.0 Å². The van der Waals surface area contributed by atoms with Crippen molar-refractivity contribution in [2.24, 2.45) is 5.92 Å². The van der Waals surface area contributed by atoms with Gasteiger partial charge in [0, 0.05) is 38.3 Å². The molecule has 2 aliphatic rings. The van der Waals surface area contributed by atoms with Gasteiger partial charge in [0.25, 0.3) is 0 Å². The van der Waals surface area contributed by atoms with E-state index >= 15 is 0 Å². The van der Waals surface area contributed by atoms with Crippen LogP contribution in [-0.4, -0.2) is 61.8 Å². The Morgan fingerprint density at radius 2 is 1.87 bits per heavy atom. The molecular weight excluding hydrogens is 319 g/mol. The fourth-order valence-corrected chi connectivity index (χ4v) is 4.97. The molecule has 0 radical (unpaired) electrons. The number of piperazine rings is 1. The molecule has 5 nitrogen and oxygen atoms in total. The lowest BCUT2D eigenvalue weighted by atomic mass is 10.1. The van der Waals surface area contributed by atoms with Gasteiger partial charge >= 0.3 is 0 Å². The van der Waals surface area contributed by atoms with E-state index in [4.69, 9.17) is 0 Å². The van der Waals surface area contributed by atoms with E-state index in [1.165, 1.54) is 6.07 Å². The Hall–Kier alpha value is -1.47. The Balaban J connectivity index is 1.52. The van der Waals surface area contributed by atoms with Gasteiger partial charge in [-0.3, -0.25) is 9.69 Å². The van der Waals surface area contributed by atoms with E-state index in [1.807, 2.05) is 6.07 Å². The Bertz CT molecular complexity index is 684. The number of amides is 1. The zero-order valence-electron chi connectivity index (χ0n) is 12.9. The highest BCUT2D eigenvalue weighted by Crippen LogP contribution is 2.22. The normalized spacial score (nSPS) is 24.7. The molecule has 0 bridgehead atoms. The van der Waals surface area contributed by atoms with E-state index in [0.717, 1.165) is 0 Å². The van der Waals surface area contributed by atoms with Gasteiger partial charge in [-0.05, 0) is 12.5 Å². The summed E-state index contributed by atoms with van der Waals surface area (Å²) in [6.07, 6.45) is 0.441. The van der Waals surface area contributed by atoms with Crippen LogP contribution in [0.4, 0.5) is 4.39 Å². The maximum Gasteiger partial charge on any atom is 0.226 e. The smallest absolute Gasteiger partial charge is 0.226 e. The van der Waals surface area contributed by atoms with Gasteiger partial charge in [-0.1, -0.05) is 18.2 Å². The van der Waals surface area contributed by atoms with E-state index in [2.05, 4.69) is 4.90 Å². The van der Waals surface area contributed by atoms with Crippen LogP contribution in [-0.2, 0) is 21.2 Å². The summed E-state index contributed by atoms with van der Waals surface area (Å²) in [5, 5.41) is 0. The van der Waals surface area contributed by atoms with Crippen LogP contribution in [0.1, 0.15) is 12.0 Å². The summed E-state index contributed by atoms with van der Waals surface area (Å²) in [7, 11) is -3.03. The highest BCUT2D eigenvalue weighted by molar-refractivity contribution is 7.91. The maximum atomic E-state index is 13.7. The van der Waals surface area contributed by atoms with E-state index in [0.29, 0.717) is 44.7 Å². The molecule has 2 saturated heterocycles. The van der Waals surface area contributed by atoms with Crippen molar-refractivity contribution >= 4 is 15.7 Å². The highest BCUT2D eigenvalue weighted by Gasteiger charge is 2.36. The molecule has 2 heterocycles. The number of hydrogen-bond acceptors (Lipinski definition) is 4. The number of nitrogens with zero attached hydrogens (tertiary/aromatic N) is 2. The van der Waals surface area contributed by atoms with Crippen molar-refractivity contribution in [3.63, 3.8) is 0 Å². The topological polar surface area (TPSA) is 57.7 Å². The van der Waals surface area contributed by atoms with Crippen LogP contribution in [0.2, 0.25) is 0 Å². The lowest BCUT2D eigenvalue weighted by Crippen LogP contribution is -2.50. The van der Waals surface area contributed by atoms with Gasteiger partial charge in [0.2, 0.25) is 5.91 Å². The molecule has 0 aromatic heterocycles. The van der Waals surface area contributed by atoms with E-state index in [-0.39, 0.29) is 29.1 Å². The maximum absolute atomic E-state index is 13.7. The molecule has 0 unspecified atom stereocenters. The minimum atomic E-state index is -3.03. The van der Waals surface area contributed by atoms with Gasteiger partial charge in [-0.15, -0.1) is 0 Å². The molecule has 0 spiro atoms. The van der Waals surface area contributed by atoms with Crippen molar-refractivity contribution in [3.05, 3.63) is 35.6 Å². The molecule has 0 N–H and O–H groups in total. The van der Waals surface area contributed by atoms with Gasteiger partial charge in [0.05, 0.1) is 17.4 Å². The van der Waals surface area contributed by atoms with Gasteiger partial charge < -0.3 is 4.90 Å². The molecule has 1 amide bonds. The zero-order valence-corrected chi connectivity index (χ0v) is 13.8. The summed E-state index contributed by atoms with van der Waals surface area (Å²) in [5.74, 6) is -0.519. The van der Waals surface area contributed by atoms with Gasteiger partial charge in [-0.2, -0.15) is 0 Å². The quantitative estimate of drug-likeness (QED) is 0.821. The Kier molecular flexibility index (Phi) is 4.68. The predicted octanol–water partition coefficient (Wildman–Crippen LogP) is 0.905. The van der Waals surface area contributed by atoms with Crippen molar-refractivity contribution in [1.29, 1.82) is 0 Å². The Labute approximate surface area is 136 Å². The first-order valence-corrected chi connectivity index (χ1v) is 9.72. The summed E-state index contributed by atoms with van der Waals surface area (Å²) >= 11 is 0. The molecule has 2 aliphatic heterocycles. The van der Waals surface area contributed by atoms with Crippen LogP contribution in [0.3, 0.4) is 0 Å². The van der Waals surface area contributed by atoms with Crippen molar-refractivity contribution in [3.8, 4) is 0 Å². The lowest BCUT2D eigenvalue weighted by molar-refractivity contribution is -0.136. The minimum Gasteiger partial charge on any atom is -0.340 e. The minimum absolute atomic E-state index is 0.0126. The average Bonchev–Trinajstić information content (AvgIpc) is 2.90. The number of rotatable bonds is 3. The van der Waals surface area contributed by atoms with Crippen LogP contribution in [0, 0.1) is 11.7 Å². The van der Waals surface area contributed by atoms with Crippen molar-refractivity contribution < 1.29 is 17.6 Å². The van der Waals surface area contributed by atoms with Crippen molar-refractivity contribution in [2.45, 2.75) is 13.0 Å². The molecule has 1 aromatic carbocycles. The summed E-state index contributed by atoms with van der Waals surface area (Å²) in [4.78, 5) is 16.3. The lowest BCUT2D eigenvalue weighted by Gasteiger charge is -2.35. The SMILES string of the molecule is O=C([C@H]1CCS(=O)(=O)C1)N1CCN(Cc2ccccc2F)CC1. The standard InChI is InChI=1S/C16H21FN2O3S/c17-15-4-2-1-3-13(15)11-18-6-8-19(9-7-18)16(20)14-5-10-23(21,22)12-14/h1-4,14H,5-12H2/t14-/m0/s1. The Morgan fingerprint density at radius 3 is 2.48 bits per heavy atom. The van der Waals surface area contributed by atoms with Gasteiger partial charge in [0.1, 0.15) is 5.82 Å². The number of carbonyl (C=O) groups is 1. The van der Waals surface area contributed by atoms with Crippen LogP contribution in [0.5, 0.6) is 0 Å². The molecule has 3 rings (SSSR count). The third-order valence-electron chi connectivity index (χ3n) is 4.62. The predicted molar refractivity (Wildman–Crippen MR) is 85.0 cm³/mol. The summed E-state index contributed by atoms with van der Waals surface area (Å²) in [5.41, 5.74) is 0.661. The first-order valence-electron chi connectivity index (χ1n) is 7.89. The highest BCUT2D eigenvalue weighted by atomic mass is 32.2. The second-order valence-corrected chi connectivity index (χ2v) is 8.52. The molecule has 126 valence electrons. The molecule has 0 saturated carbocycles. The fraction of sp³-hybridized carbons (Fsp3) is 0.562. The molecule has 2 fully saturated rings. The summed E-state index contributed by atoms with van der Waals surface area (Å²) < 4.78 is 36.7. The average molecular weight is 340 g/mol. The third kappa shape index (κ3) is 3.90. The molecule has 23 heavy (non-hydrogen) atoms. The van der Waals surface area contributed by atoms with Crippen LogP contribution in [0.15, 0.2) is 24.3 Å². The fourth-order valence-electron chi connectivity index (χ4n) is 3.24. The number of carbonyl (C=O) groups excluding carboxylic acids is 1. The molecule has 1 atom stereocenters. The summed E-state index contributed by atoms with van der Waals surface area (Å²) in [6, 6.07) is 6.72. The number of hydrogen-bond donors (Lipinski definition) is 0. The first-order chi connectivity index (χ1) is 10.9. The number of halogens is 1. The van der Waals surface area contributed by atoms with Crippen LogP contribution >= 0.6 is 0 Å². The largest absolute Gasteiger partial charge is 0.340 e. The molecule has 0 aliphatic carbocycles. The third-order valence-corrected chi connectivity index (χ3v) is 6.39. The second-order valence-electron chi connectivity index (χ2n) is 6.29. The van der Waals surface area contributed by atoms with Gasteiger partial charge in [0.15, 0.2) is 9.84 Å². The zero-order chi connectivity index (χ0) is 16.4. The Morgan fingerprint density at radius 1 is 1.17 bits per heavy atom. The van der Waals surface area contributed by atoms with Crippen LogP contribution < -0.4 is 0 Å². The van der Waals surface area contributed by atoms with E-state index < -0.39 is 9.84 Å². The summed E-state index contributed by atoms with van der Waals surface area (Å²) in [6.45, 7) is 3.04. The molecular formula is C16H21FN2O3S. The monoisotopic (exact) mass is 340 g/mol. The van der Waals surface area contributed by atoms with E-state index in [9.17, 15) is 17.6 Å².